The van der Waals surface area contributed by atoms with E-state index in [1.807, 2.05) is 77.5 Å². The summed E-state index contributed by atoms with van der Waals surface area (Å²) in [5, 5.41) is 4.88. The van der Waals surface area contributed by atoms with Crippen molar-refractivity contribution in [2.24, 2.45) is 0 Å². The molecule has 4 aromatic carbocycles. The normalized spacial score (nSPS) is 10.6. The third-order valence-corrected chi connectivity index (χ3v) is 6.54. The van der Waals surface area contributed by atoms with Crippen LogP contribution in [0, 0.1) is 13.8 Å². The summed E-state index contributed by atoms with van der Waals surface area (Å²) in [5.41, 5.74) is 7.67. The van der Waals surface area contributed by atoms with Gasteiger partial charge >= 0.3 is 0 Å². The maximum absolute atomic E-state index is 6.19. The molecule has 0 fully saturated rings. The van der Waals surface area contributed by atoms with Crippen LogP contribution in [-0.2, 0) is 20.4 Å². The third-order valence-electron chi connectivity index (χ3n) is 6.54. The molecule has 2 heterocycles. The molecule has 0 spiro atoms. The van der Waals surface area contributed by atoms with Gasteiger partial charge in [-0.2, -0.15) is 5.10 Å². The molecular weight excluding hydrogens is 589 g/mol. The van der Waals surface area contributed by atoms with Gasteiger partial charge in [0, 0.05) is 56.1 Å². The molecule has 6 rings (SSSR count). The van der Waals surface area contributed by atoms with E-state index >= 15 is 0 Å². The van der Waals surface area contributed by atoms with Crippen LogP contribution < -0.4 is 9.47 Å². The maximum atomic E-state index is 6.19. The summed E-state index contributed by atoms with van der Waals surface area (Å²) in [6, 6.07) is 40.1. The van der Waals surface area contributed by atoms with E-state index in [-0.39, 0.29) is 20.4 Å². The fraction of sp³-hybridized carbons (Fsp3) is 0.0588. The Morgan fingerprint density at radius 2 is 1.20 bits per heavy atom. The van der Waals surface area contributed by atoms with E-state index in [4.69, 9.17) is 14.6 Å². The number of benzene rings is 4. The van der Waals surface area contributed by atoms with E-state index in [0.717, 1.165) is 28.2 Å². The molecule has 0 atom stereocenters. The first-order valence-corrected chi connectivity index (χ1v) is 12.8. The van der Waals surface area contributed by atoms with E-state index in [9.17, 15) is 0 Å². The SMILES string of the molecule is Cc1nn(-c2cccc(Oc3cccc(Oc4ccccn4)c3)c2)c(C)c1-c1ccc(-c2ccccc2)cc1.[Pd]. The summed E-state index contributed by atoms with van der Waals surface area (Å²) in [6.45, 7) is 4.16. The van der Waals surface area contributed by atoms with Gasteiger partial charge in [0.15, 0.2) is 0 Å². The van der Waals surface area contributed by atoms with E-state index in [0.29, 0.717) is 23.1 Å². The van der Waals surface area contributed by atoms with Crippen LogP contribution >= 0.6 is 0 Å². The monoisotopic (exact) mass is 615 g/mol. The summed E-state index contributed by atoms with van der Waals surface area (Å²) >= 11 is 0. The molecule has 40 heavy (non-hydrogen) atoms. The van der Waals surface area contributed by atoms with Gasteiger partial charge in [0.25, 0.3) is 0 Å². The molecule has 0 saturated heterocycles. The average Bonchev–Trinajstić information content (AvgIpc) is 3.28. The molecule has 0 unspecified atom stereocenters. The molecule has 200 valence electrons. The van der Waals surface area contributed by atoms with Crippen LogP contribution in [0.2, 0.25) is 0 Å². The Hall–Kier alpha value is -4.50. The van der Waals surface area contributed by atoms with Crippen LogP contribution in [0.25, 0.3) is 27.9 Å². The van der Waals surface area contributed by atoms with Gasteiger partial charge in [-0.3, -0.25) is 0 Å². The third kappa shape index (κ3) is 5.89. The predicted molar refractivity (Wildman–Crippen MR) is 155 cm³/mol. The Morgan fingerprint density at radius 3 is 1.93 bits per heavy atom. The Morgan fingerprint density at radius 1 is 0.575 bits per heavy atom. The van der Waals surface area contributed by atoms with Crippen LogP contribution in [0.5, 0.6) is 23.1 Å². The van der Waals surface area contributed by atoms with Gasteiger partial charge in [0.2, 0.25) is 5.88 Å². The number of hydrogen-bond donors (Lipinski definition) is 0. The fourth-order valence-electron chi connectivity index (χ4n) is 4.72. The minimum Gasteiger partial charge on any atom is -0.457 e. The van der Waals surface area contributed by atoms with E-state index < -0.39 is 0 Å². The van der Waals surface area contributed by atoms with Crippen molar-refractivity contribution in [3.63, 3.8) is 0 Å². The number of aryl methyl sites for hydroxylation is 1. The number of hydrogen-bond acceptors (Lipinski definition) is 4. The Kier molecular flexibility index (Phi) is 8.21. The Labute approximate surface area is 247 Å². The smallest absolute Gasteiger partial charge is 0.219 e. The van der Waals surface area contributed by atoms with Gasteiger partial charge in [0.1, 0.15) is 17.2 Å². The minimum absolute atomic E-state index is 0. The second-order valence-electron chi connectivity index (χ2n) is 9.25. The van der Waals surface area contributed by atoms with Crippen molar-refractivity contribution in [3.8, 4) is 51.1 Å². The van der Waals surface area contributed by atoms with Gasteiger partial charge in [-0.05, 0) is 60.9 Å². The Balaban J connectivity index is 0.00000323. The average molecular weight is 616 g/mol. The summed E-state index contributed by atoms with van der Waals surface area (Å²) in [5.74, 6) is 2.58. The second kappa shape index (κ2) is 12.1. The van der Waals surface area contributed by atoms with E-state index in [1.54, 1.807) is 6.20 Å². The first-order valence-electron chi connectivity index (χ1n) is 12.8. The molecule has 0 N–H and O–H groups in total. The molecule has 5 nitrogen and oxygen atoms in total. The largest absolute Gasteiger partial charge is 0.457 e. The zero-order valence-corrected chi connectivity index (χ0v) is 23.7. The van der Waals surface area contributed by atoms with Crippen molar-refractivity contribution >= 4 is 0 Å². The van der Waals surface area contributed by atoms with Gasteiger partial charge in [-0.1, -0.05) is 72.8 Å². The first kappa shape index (κ1) is 27.1. The van der Waals surface area contributed by atoms with Gasteiger partial charge < -0.3 is 9.47 Å². The van der Waals surface area contributed by atoms with Crippen molar-refractivity contribution in [2.75, 3.05) is 0 Å². The second-order valence-corrected chi connectivity index (χ2v) is 9.25. The molecule has 6 aromatic rings. The summed E-state index contributed by atoms with van der Waals surface area (Å²) in [6.07, 6.45) is 1.70. The van der Waals surface area contributed by atoms with E-state index in [1.165, 1.54) is 11.1 Å². The molecule has 2 aromatic heterocycles. The molecule has 0 aliphatic rings. The van der Waals surface area contributed by atoms with Crippen molar-refractivity contribution < 1.29 is 29.9 Å². The van der Waals surface area contributed by atoms with Crippen molar-refractivity contribution in [1.29, 1.82) is 0 Å². The predicted octanol–water partition coefficient (Wildman–Crippen LogP) is 8.80. The standard InChI is InChI=1S/C34H27N3O2.Pd/c1-24-34(28-19-17-27(18-20-28)26-10-4-3-5-11-26)25(2)37(36-24)29-12-8-13-30(22-29)38-31-14-9-15-32(23-31)39-33-16-6-7-21-35-33;/h3-23H,1-2H3;. The number of aromatic nitrogens is 3. The van der Waals surface area contributed by atoms with Gasteiger partial charge in [-0.15, -0.1) is 0 Å². The van der Waals surface area contributed by atoms with E-state index in [2.05, 4.69) is 67.4 Å². The maximum Gasteiger partial charge on any atom is 0.219 e. The number of pyridine rings is 1. The fourth-order valence-corrected chi connectivity index (χ4v) is 4.72. The van der Waals surface area contributed by atoms with Crippen LogP contribution in [0.1, 0.15) is 11.4 Å². The number of nitrogens with zero attached hydrogens (tertiary/aromatic N) is 3. The summed E-state index contributed by atoms with van der Waals surface area (Å²) in [7, 11) is 0. The topological polar surface area (TPSA) is 49.2 Å². The van der Waals surface area contributed by atoms with Crippen molar-refractivity contribution in [3.05, 3.63) is 139 Å². The van der Waals surface area contributed by atoms with Crippen LogP contribution in [0.3, 0.4) is 0 Å². The summed E-state index contributed by atoms with van der Waals surface area (Å²) < 4.78 is 14.0. The van der Waals surface area contributed by atoms with Crippen LogP contribution in [-0.4, -0.2) is 14.8 Å². The molecule has 6 heteroatoms. The number of rotatable bonds is 7. The van der Waals surface area contributed by atoms with Crippen molar-refractivity contribution in [1.82, 2.24) is 14.8 Å². The van der Waals surface area contributed by atoms with Gasteiger partial charge in [0.05, 0.1) is 11.4 Å². The van der Waals surface area contributed by atoms with Crippen LogP contribution in [0.15, 0.2) is 128 Å². The Bertz CT molecular complexity index is 1720. The molecule has 0 amide bonds. The molecular formula is C34H27N3O2Pd. The van der Waals surface area contributed by atoms with Crippen molar-refractivity contribution in [2.45, 2.75) is 13.8 Å². The quantitative estimate of drug-likeness (QED) is 0.168. The first-order chi connectivity index (χ1) is 19.1. The molecule has 0 bridgehead atoms. The molecule has 0 saturated carbocycles. The minimum atomic E-state index is 0. The van der Waals surface area contributed by atoms with Gasteiger partial charge in [-0.25, -0.2) is 9.67 Å². The molecule has 0 radical (unpaired) electrons. The zero-order valence-electron chi connectivity index (χ0n) is 22.1. The molecule has 0 aliphatic heterocycles. The zero-order chi connectivity index (χ0) is 26.6. The molecule has 0 aliphatic carbocycles. The van der Waals surface area contributed by atoms with Crippen LogP contribution in [0.4, 0.5) is 0 Å². The number of ether oxygens (including phenoxy) is 2. The summed E-state index contributed by atoms with van der Waals surface area (Å²) in [4.78, 5) is 4.22.